The molecule has 100 valence electrons. The van der Waals surface area contributed by atoms with Crippen LogP contribution in [-0.4, -0.2) is 31.2 Å². The van der Waals surface area contributed by atoms with Crippen molar-refractivity contribution in [2.45, 2.75) is 25.3 Å². The highest BCUT2D eigenvalue weighted by Crippen LogP contribution is 2.29. The van der Waals surface area contributed by atoms with Gasteiger partial charge in [0.2, 0.25) is 0 Å². The number of benzene rings is 1. The normalized spacial score (nSPS) is 19.8. The number of piperidine rings is 1. The van der Waals surface area contributed by atoms with Gasteiger partial charge in [-0.3, -0.25) is 0 Å². The Labute approximate surface area is 114 Å². The predicted molar refractivity (Wildman–Crippen MR) is 80.7 cm³/mol. The van der Waals surface area contributed by atoms with Gasteiger partial charge in [-0.2, -0.15) is 0 Å². The Kier molecular flexibility index (Phi) is 3.65. The lowest BCUT2D eigenvalue weighted by Gasteiger charge is -2.37. The molecular weight excluding hydrogens is 234 g/mol. The van der Waals surface area contributed by atoms with Crippen LogP contribution < -0.4 is 10.2 Å². The largest absolute Gasteiger partial charge is 0.352 e. The second-order valence-corrected chi connectivity index (χ2v) is 5.26. The van der Waals surface area contributed by atoms with E-state index in [-0.39, 0.29) is 0 Å². The molecule has 0 bridgehead atoms. The third kappa shape index (κ3) is 2.43. The van der Waals surface area contributed by atoms with Crippen LogP contribution in [0.25, 0.3) is 10.8 Å². The molecule has 1 unspecified atom stereocenters. The smallest absolute Gasteiger partial charge is 0.136 e. The van der Waals surface area contributed by atoms with Crippen LogP contribution in [-0.2, 0) is 0 Å². The molecule has 3 heteroatoms. The van der Waals surface area contributed by atoms with E-state index in [9.17, 15) is 0 Å². The maximum absolute atomic E-state index is 4.66. The second-order valence-electron chi connectivity index (χ2n) is 5.26. The van der Waals surface area contributed by atoms with E-state index in [1.165, 1.54) is 30.0 Å². The number of pyridine rings is 1. The first-order chi connectivity index (χ1) is 9.40. The Morgan fingerprint density at radius 3 is 3.05 bits per heavy atom. The summed E-state index contributed by atoms with van der Waals surface area (Å²) in [5.74, 6) is 1.15. The summed E-state index contributed by atoms with van der Waals surface area (Å²) in [6.45, 7) is 2.15. The zero-order valence-corrected chi connectivity index (χ0v) is 11.5. The van der Waals surface area contributed by atoms with Crippen LogP contribution in [0.1, 0.15) is 19.3 Å². The van der Waals surface area contributed by atoms with Crippen molar-refractivity contribution in [2.75, 3.05) is 25.0 Å². The van der Waals surface area contributed by atoms with Crippen molar-refractivity contribution < 1.29 is 0 Å². The van der Waals surface area contributed by atoms with E-state index in [0.717, 1.165) is 18.9 Å². The number of hydrogen-bond donors (Lipinski definition) is 1. The standard InChI is InChI=1S/C16H21N3/c1-17-12-14-7-4-5-11-19(14)16-15-8-3-2-6-13(15)9-10-18-16/h2-3,6,8-10,14,17H,4-5,7,11-12H2,1H3. The topological polar surface area (TPSA) is 28.2 Å². The van der Waals surface area contributed by atoms with Gasteiger partial charge in [0.05, 0.1) is 0 Å². The summed E-state index contributed by atoms with van der Waals surface area (Å²) in [5.41, 5.74) is 0. The molecule has 2 aromatic rings. The van der Waals surface area contributed by atoms with Gasteiger partial charge in [0.15, 0.2) is 0 Å². The number of nitrogens with zero attached hydrogens (tertiary/aromatic N) is 2. The third-order valence-electron chi connectivity index (χ3n) is 3.99. The fourth-order valence-corrected chi connectivity index (χ4v) is 3.06. The summed E-state index contributed by atoms with van der Waals surface area (Å²) in [4.78, 5) is 7.15. The molecule has 1 atom stereocenters. The van der Waals surface area contributed by atoms with Crippen LogP contribution in [0.5, 0.6) is 0 Å². The van der Waals surface area contributed by atoms with E-state index in [1.807, 2.05) is 13.2 Å². The number of aromatic nitrogens is 1. The summed E-state index contributed by atoms with van der Waals surface area (Å²) in [7, 11) is 2.03. The lowest BCUT2D eigenvalue weighted by Crippen LogP contribution is -2.45. The van der Waals surface area contributed by atoms with Gasteiger partial charge in [-0.15, -0.1) is 0 Å². The Morgan fingerprint density at radius 2 is 2.16 bits per heavy atom. The number of nitrogens with one attached hydrogen (secondary N) is 1. The van der Waals surface area contributed by atoms with Crippen molar-refractivity contribution in [3.63, 3.8) is 0 Å². The lowest BCUT2D eigenvalue weighted by atomic mass is 10.0. The Morgan fingerprint density at radius 1 is 1.26 bits per heavy atom. The number of hydrogen-bond acceptors (Lipinski definition) is 3. The van der Waals surface area contributed by atoms with Gasteiger partial charge in [0, 0.05) is 30.7 Å². The van der Waals surface area contributed by atoms with E-state index in [0.29, 0.717) is 6.04 Å². The van der Waals surface area contributed by atoms with Crippen molar-refractivity contribution in [3.05, 3.63) is 36.5 Å². The molecule has 1 fully saturated rings. The van der Waals surface area contributed by atoms with Crippen LogP contribution in [0.2, 0.25) is 0 Å². The predicted octanol–water partition coefficient (Wildman–Crippen LogP) is 2.81. The van der Waals surface area contributed by atoms with Crippen molar-refractivity contribution in [1.82, 2.24) is 10.3 Å². The highest BCUT2D eigenvalue weighted by Gasteiger charge is 2.24. The van der Waals surface area contributed by atoms with Gasteiger partial charge in [-0.05, 0) is 37.8 Å². The molecular formula is C16H21N3. The van der Waals surface area contributed by atoms with E-state index in [2.05, 4.69) is 45.5 Å². The van der Waals surface area contributed by atoms with Gasteiger partial charge in [-0.25, -0.2) is 4.98 Å². The number of fused-ring (bicyclic) bond motifs is 1. The highest BCUT2D eigenvalue weighted by molar-refractivity contribution is 5.92. The monoisotopic (exact) mass is 255 g/mol. The molecule has 3 rings (SSSR count). The van der Waals surface area contributed by atoms with E-state index >= 15 is 0 Å². The van der Waals surface area contributed by atoms with Gasteiger partial charge < -0.3 is 10.2 Å². The first-order valence-corrected chi connectivity index (χ1v) is 7.15. The summed E-state index contributed by atoms with van der Waals surface area (Å²) < 4.78 is 0. The van der Waals surface area contributed by atoms with Crippen molar-refractivity contribution >= 4 is 16.6 Å². The first-order valence-electron chi connectivity index (χ1n) is 7.15. The minimum atomic E-state index is 0.567. The SMILES string of the molecule is CNCC1CCCCN1c1nccc2ccccc12. The van der Waals surface area contributed by atoms with Crippen LogP contribution >= 0.6 is 0 Å². The molecule has 1 aliphatic rings. The van der Waals surface area contributed by atoms with Crippen LogP contribution in [0.3, 0.4) is 0 Å². The summed E-state index contributed by atoms with van der Waals surface area (Å²) >= 11 is 0. The van der Waals surface area contributed by atoms with Crippen LogP contribution in [0.15, 0.2) is 36.5 Å². The van der Waals surface area contributed by atoms with Gasteiger partial charge in [0.25, 0.3) is 0 Å². The maximum atomic E-state index is 4.66. The van der Waals surface area contributed by atoms with E-state index < -0.39 is 0 Å². The lowest BCUT2D eigenvalue weighted by molar-refractivity contribution is 0.444. The molecule has 3 nitrogen and oxygen atoms in total. The Balaban J connectivity index is 2.02. The van der Waals surface area contributed by atoms with Crippen molar-refractivity contribution in [1.29, 1.82) is 0 Å². The van der Waals surface area contributed by atoms with Gasteiger partial charge in [-0.1, -0.05) is 24.3 Å². The Bertz CT molecular complexity index is 545. The molecule has 0 saturated carbocycles. The molecule has 0 aliphatic carbocycles. The highest BCUT2D eigenvalue weighted by atomic mass is 15.2. The first kappa shape index (κ1) is 12.4. The number of rotatable bonds is 3. The van der Waals surface area contributed by atoms with E-state index in [1.54, 1.807) is 0 Å². The zero-order chi connectivity index (χ0) is 13.1. The molecule has 1 N–H and O–H groups in total. The van der Waals surface area contributed by atoms with Crippen molar-refractivity contribution in [3.8, 4) is 0 Å². The van der Waals surface area contributed by atoms with E-state index in [4.69, 9.17) is 0 Å². The summed E-state index contributed by atoms with van der Waals surface area (Å²) in [5, 5.41) is 5.87. The maximum Gasteiger partial charge on any atom is 0.136 e. The molecule has 0 radical (unpaired) electrons. The fraction of sp³-hybridized carbons (Fsp3) is 0.438. The number of likely N-dealkylation sites (N-methyl/N-ethyl adjacent to an activating group) is 1. The average Bonchev–Trinajstić information content (AvgIpc) is 2.48. The molecule has 19 heavy (non-hydrogen) atoms. The Hall–Kier alpha value is -1.61. The molecule has 1 saturated heterocycles. The molecule has 1 aromatic carbocycles. The fourth-order valence-electron chi connectivity index (χ4n) is 3.06. The third-order valence-corrected chi connectivity index (χ3v) is 3.99. The average molecular weight is 255 g/mol. The van der Waals surface area contributed by atoms with Gasteiger partial charge >= 0.3 is 0 Å². The molecule has 0 spiro atoms. The second kappa shape index (κ2) is 5.57. The minimum Gasteiger partial charge on any atom is -0.352 e. The molecule has 1 aromatic heterocycles. The van der Waals surface area contributed by atoms with Crippen LogP contribution in [0.4, 0.5) is 5.82 Å². The summed E-state index contributed by atoms with van der Waals surface area (Å²) in [6, 6.07) is 11.2. The molecule has 1 aliphatic heterocycles. The van der Waals surface area contributed by atoms with Gasteiger partial charge in [0.1, 0.15) is 5.82 Å². The molecule has 2 heterocycles. The molecule has 0 amide bonds. The minimum absolute atomic E-state index is 0.567. The number of anilines is 1. The quantitative estimate of drug-likeness (QED) is 0.914. The van der Waals surface area contributed by atoms with Crippen LogP contribution in [0, 0.1) is 0 Å². The zero-order valence-electron chi connectivity index (χ0n) is 11.5. The van der Waals surface area contributed by atoms with Crippen molar-refractivity contribution in [2.24, 2.45) is 0 Å². The summed E-state index contributed by atoms with van der Waals surface area (Å²) in [6.07, 6.45) is 5.78.